The Morgan fingerprint density at radius 1 is 1.14 bits per heavy atom. The van der Waals surface area contributed by atoms with Crippen molar-refractivity contribution >= 4 is 11.8 Å². The topological polar surface area (TPSA) is 88.7 Å². The Morgan fingerprint density at radius 3 is 2.46 bits per heavy atom. The molecule has 0 fully saturated rings. The van der Waals surface area contributed by atoms with Gasteiger partial charge in [-0.05, 0) is 38.8 Å². The minimum absolute atomic E-state index is 0.140. The summed E-state index contributed by atoms with van der Waals surface area (Å²) in [6, 6.07) is 5.20. The van der Waals surface area contributed by atoms with Gasteiger partial charge in [-0.25, -0.2) is 8.78 Å². The lowest BCUT2D eigenvalue weighted by molar-refractivity contribution is 0.0942. The van der Waals surface area contributed by atoms with Crippen LogP contribution in [0.4, 0.5) is 8.78 Å². The summed E-state index contributed by atoms with van der Waals surface area (Å²) in [4.78, 5) is 24.8. The van der Waals surface area contributed by atoms with Gasteiger partial charge in [0.1, 0.15) is 40.0 Å². The molecule has 1 atom stereocenters. The molecule has 2 aromatic rings. The lowest BCUT2D eigenvalue weighted by Crippen LogP contribution is -2.38. The zero-order valence-electron chi connectivity index (χ0n) is 22.0. The first-order chi connectivity index (χ1) is 17.6. The van der Waals surface area contributed by atoms with E-state index < -0.39 is 28.7 Å². The van der Waals surface area contributed by atoms with Crippen molar-refractivity contribution in [2.45, 2.75) is 65.0 Å². The lowest BCUT2D eigenvalue weighted by Gasteiger charge is -2.17. The highest BCUT2D eigenvalue weighted by atomic mass is 19.1. The smallest absolute Gasteiger partial charge is 0.257 e. The number of carbonyl (C=O) groups is 2. The van der Waals surface area contributed by atoms with E-state index in [2.05, 4.69) is 41.9 Å². The van der Waals surface area contributed by atoms with Crippen molar-refractivity contribution in [2.75, 3.05) is 13.7 Å². The fourth-order valence-electron chi connectivity index (χ4n) is 4.19. The van der Waals surface area contributed by atoms with Crippen molar-refractivity contribution in [3.05, 3.63) is 64.7 Å². The number of benzene rings is 2. The third-order valence-electron chi connectivity index (χ3n) is 5.93. The van der Waals surface area contributed by atoms with Gasteiger partial charge in [0.25, 0.3) is 11.8 Å². The first-order valence-corrected chi connectivity index (χ1v) is 12.5. The molecule has 37 heavy (non-hydrogen) atoms. The third-order valence-corrected chi connectivity index (χ3v) is 5.93. The minimum Gasteiger partial charge on any atom is -0.487 e. The second kappa shape index (κ2) is 12.2. The maximum Gasteiger partial charge on any atom is 0.257 e. The fraction of sp³-hybridized carbons (Fsp3) is 0.429. The number of allylic oxidation sites excluding steroid dienone is 1. The van der Waals surface area contributed by atoms with Crippen LogP contribution in [-0.2, 0) is 6.42 Å². The summed E-state index contributed by atoms with van der Waals surface area (Å²) in [7, 11) is 1.29. The average molecular weight is 516 g/mol. The van der Waals surface area contributed by atoms with Crippen LogP contribution in [0.5, 0.6) is 17.2 Å². The minimum atomic E-state index is -1.05. The van der Waals surface area contributed by atoms with E-state index in [9.17, 15) is 18.4 Å². The lowest BCUT2D eigenvalue weighted by atomic mass is 9.99. The Kier molecular flexibility index (Phi) is 9.26. The van der Waals surface area contributed by atoms with Crippen molar-refractivity contribution in [2.24, 2.45) is 0 Å². The SMILES string of the molecule is CC/C=C\C(CCC)NCNC(=O)c1cc(Oc2cc(F)c(C(=O)NC)c(F)c2)c2c(c1)OC(C)(C)C2. The number of carbonyl (C=O) groups excluding carboxylic acids is 2. The van der Waals surface area contributed by atoms with Crippen LogP contribution in [0, 0.1) is 11.6 Å². The Hall–Kier alpha value is -3.46. The first-order valence-electron chi connectivity index (χ1n) is 12.5. The normalized spacial score (nSPS) is 14.7. The highest BCUT2D eigenvalue weighted by Gasteiger charge is 2.34. The summed E-state index contributed by atoms with van der Waals surface area (Å²) in [6.07, 6.45) is 7.54. The highest BCUT2D eigenvalue weighted by Crippen LogP contribution is 2.43. The van der Waals surface area contributed by atoms with Gasteiger partial charge in [-0.3, -0.25) is 14.9 Å². The largest absolute Gasteiger partial charge is 0.487 e. The third kappa shape index (κ3) is 7.07. The van der Waals surface area contributed by atoms with Crippen LogP contribution >= 0.6 is 0 Å². The number of fused-ring (bicyclic) bond motifs is 1. The Balaban J connectivity index is 1.84. The van der Waals surface area contributed by atoms with Gasteiger partial charge in [0.15, 0.2) is 0 Å². The number of ether oxygens (including phenoxy) is 2. The molecule has 7 nitrogen and oxygen atoms in total. The summed E-state index contributed by atoms with van der Waals surface area (Å²) in [5.41, 5.74) is -0.272. The molecule has 0 saturated heterocycles. The molecule has 2 amide bonds. The van der Waals surface area contributed by atoms with Crippen molar-refractivity contribution in [1.82, 2.24) is 16.0 Å². The van der Waals surface area contributed by atoms with Crippen molar-refractivity contribution < 1.29 is 27.8 Å². The van der Waals surface area contributed by atoms with Gasteiger partial charge in [0.2, 0.25) is 0 Å². The van der Waals surface area contributed by atoms with Gasteiger partial charge in [0, 0.05) is 42.8 Å². The summed E-state index contributed by atoms with van der Waals surface area (Å²) >= 11 is 0. The summed E-state index contributed by atoms with van der Waals surface area (Å²) < 4.78 is 40.9. The van der Waals surface area contributed by atoms with Crippen LogP contribution in [-0.4, -0.2) is 37.2 Å². The van der Waals surface area contributed by atoms with Crippen LogP contribution in [0.25, 0.3) is 0 Å². The van der Waals surface area contributed by atoms with E-state index in [1.54, 1.807) is 6.07 Å². The first kappa shape index (κ1) is 28.1. The molecule has 3 N–H and O–H groups in total. The predicted molar refractivity (Wildman–Crippen MR) is 138 cm³/mol. The van der Waals surface area contributed by atoms with Crippen molar-refractivity contribution in [1.29, 1.82) is 0 Å². The molecule has 2 aromatic carbocycles. The summed E-state index contributed by atoms with van der Waals surface area (Å²) in [5, 5.41) is 8.37. The van der Waals surface area contributed by atoms with E-state index >= 15 is 0 Å². The molecule has 0 saturated carbocycles. The van der Waals surface area contributed by atoms with E-state index in [-0.39, 0.29) is 35.7 Å². The van der Waals surface area contributed by atoms with Crippen LogP contribution in [0.15, 0.2) is 36.4 Å². The van der Waals surface area contributed by atoms with Gasteiger partial charge in [-0.2, -0.15) is 0 Å². The molecular formula is C28H35F2N3O4. The molecule has 1 unspecified atom stereocenters. The molecule has 1 aliphatic rings. The van der Waals surface area contributed by atoms with Crippen LogP contribution in [0.1, 0.15) is 73.2 Å². The molecule has 1 heterocycles. The van der Waals surface area contributed by atoms with Gasteiger partial charge >= 0.3 is 0 Å². The fourth-order valence-corrected chi connectivity index (χ4v) is 4.19. The van der Waals surface area contributed by atoms with Gasteiger partial charge in [0.05, 0.1) is 6.67 Å². The molecule has 3 rings (SSSR count). The average Bonchev–Trinajstić information content (AvgIpc) is 3.16. The zero-order valence-corrected chi connectivity index (χ0v) is 22.0. The Labute approximate surface area is 216 Å². The monoisotopic (exact) mass is 515 g/mol. The molecular weight excluding hydrogens is 480 g/mol. The molecule has 0 aromatic heterocycles. The van der Waals surface area contributed by atoms with Crippen molar-refractivity contribution in [3.63, 3.8) is 0 Å². The molecule has 0 bridgehead atoms. The second-order valence-corrected chi connectivity index (χ2v) is 9.55. The molecule has 9 heteroatoms. The maximum absolute atomic E-state index is 14.5. The number of amides is 2. The number of rotatable bonds is 11. The zero-order chi connectivity index (χ0) is 27.2. The quantitative estimate of drug-likeness (QED) is 0.281. The molecule has 0 spiro atoms. The van der Waals surface area contributed by atoms with Crippen LogP contribution in [0.3, 0.4) is 0 Å². The Morgan fingerprint density at radius 2 is 1.84 bits per heavy atom. The molecule has 0 radical (unpaired) electrons. The number of halogens is 2. The van der Waals surface area contributed by atoms with E-state index in [1.807, 2.05) is 13.8 Å². The van der Waals surface area contributed by atoms with E-state index in [4.69, 9.17) is 9.47 Å². The maximum atomic E-state index is 14.5. The molecule has 1 aliphatic heterocycles. The summed E-state index contributed by atoms with van der Waals surface area (Å²) in [5.74, 6) is -2.76. The van der Waals surface area contributed by atoms with E-state index in [0.29, 0.717) is 17.7 Å². The van der Waals surface area contributed by atoms with E-state index in [1.165, 1.54) is 13.1 Å². The number of hydrogen-bond acceptors (Lipinski definition) is 5. The van der Waals surface area contributed by atoms with Gasteiger partial charge in [-0.1, -0.05) is 32.4 Å². The van der Waals surface area contributed by atoms with Crippen LogP contribution in [0.2, 0.25) is 0 Å². The van der Waals surface area contributed by atoms with Gasteiger partial charge in [-0.15, -0.1) is 0 Å². The Bertz CT molecular complexity index is 1160. The van der Waals surface area contributed by atoms with Crippen molar-refractivity contribution in [3.8, 4) is 17.2 Å². The number of hydrogen-bond donors (Lipinski definition) is 3. The highest BCUT2D eigenvalue weighted by molar-refractivity contribution is 5.95. The molecule has 0 aliphatic carbocycles. The van der Waals surface area contributed by atoms with E-state index in [0.717, 1.165) is 31.4 Å². The summed E-state index contributed by atoms with van der Waals surface area (Å²) in [6.45, 7) is 8.22. The number of nitrogens with one attached hydrogen (secondary N) is 3. The molecule has 200 valence electrons. The van der Waals surface area contributed by atoms with Crippen LogP contribution < -0.4 is 25.4 Å². The second-order valence-electron chi connectivity index (χ2n) is 9.55. The predicted octanol–water partition coefficient (Wildman–Crippen LogP) is 5.24. The van der Waals surface area contributed by atoms with Gasteiger partial charge < -0.3 is 20.1 Å². The standard InChI is InChI=1S/C28H35F2N3O4/c1-6-8-10-18(9-7-2)32-16-33-26(34)17-11-23(20-15-28(3,4)37-24(20)12-17)36-19-13-21(29)25(22(30)14-19)27(35)31-5/h8,10-14,18,32H,6-7,9,15-16H2,1-5H3,(H,31,35)(H,33,34)/b10-8-.